The van der Waals surface area contributed by atoms with Gasteiger partial charge in [-0.1, -0.05) is 6.92 Å². The van der Waals surface area contributed by atoms with Crippen LogP contribution in [0, 0.1) is 11.3 Å². The number of hydrogen-bond acceptors (Lipinski definition) is 4. The Morgan fingerprint density at radius 1 is 1.43 bits per heavy atom. The summed E-state index contributed by atoms with van der Waals surface area (Å²) in [7, 11) is 4.47. The summed E-state index contributed by atoms with van der Waals surface area (Å²) in [6, 6.07) is 3.18. The van der Waals surface area contributed by atoms with E-state index in [1.165, 1.54) is 32.4 Å². The molecular weight excluding hydrogens is 260 g/mol. The number of unbranched alkanes of at least 4 members (excludes halogenated alkanes) is 1. The van der Waals surface area contributed by atoms with Crippen LogP contribution in [0.3, 0.4) is 0 Å². The molecule has 1 heterocycles. The molecule has 1 rings (SSSR count). The van der Waals surface area contributed by atoms with Crippen LogP contribution in [-0.4, -0.2) is 61.7 Å². The third-order valence-corrected chi connectivity index (χ3v) is 4.67. The molecule has 0 aliphatic carbocycles. The average Bonchev–Trinajstić information content (AvgIpc) is 2.87. The summed E-state index contributed by atoms with van der Waals surface area (Å²) in [6.45, 7) is 8.67. The van der Waals surface area contributed by atoms with Crippen LogP contribution in [0.4, 0.5) is 0 Å². The maximum Gasteiger partial charge on any atom is 0.103 e. The molecule has 0 aromatic heterocycles. The number of rotatable bonds is 10. The molecule has 2 atom stereocenters. The Balaban J connectivity index is 2.16. The van der Waals surface area contributed by atoms with Crippen molar-refractivity contribution in [1.29, 1.82) is 5.26 Å². The SMILES string of the molecule is CCCNC(C)(C#N)CCCCN(C)CC1CCCN1C. The quantitative estimate of drug-likeness (QED) is 0.629. The summed E-state index contributed by atoms with van der Waals surface area (Å²) in [4.78, 5) is 4.94. The van der Waals surface area contributed by atoms with E-state index in [1.54, 1.807) is 0 Å². The van der Waals surface area contributed by atoms with Gasteiger partial charge < -0.3 is 9.80 Å². The summed E-state index contributed by atoms with van der Waals surface area (Å²) >= 11 is 0. The van der Waals surface area contributed by atoms with Gasteiger partial charge in [0.1, 0.15) is 5.54 Å². The van der Waals surface area contributed by atoms with Crippen molar-refractivity contribution in [2.45, 2.75) is 64.0 Å². The van der Waals surface area contributed by atoms with Crippen molar-refractivity contribution >= 4 is 0 Å². The second-order valence-corrected chi connectivity index (χ2v) is 6.87. The zero-order valence-corrected chi connectivity index (χ0v) is 14.5. The van der Waals surface area contributed by atoms with E-state index in [2.05, 4.69) is 42.2 Å². The zero-order chi connectivity index (χ0) is 15.7. The highest BCUT2D eigenvalue weighted by molar-refractivity contribution is 5.03. The molecule has 0 aromatic carbocycles. The van der Waals surface area contributed by atoms with Crippen molar-refractivity contribution < 1.29 is 0 Å². The highest BCUT2D eigenvalue weighted by Gasteiger charge is 2.23. The zero-order valence-electron chi connectivity index (χ0n) is 14.5. The molecular formula is C17H34N4. The van der Waals surface area contributed by atoms with E-state index in [9.17, 15) is 5.26 Å². The molecule has 0 aromatic rings. The summed E-state index contributed by atoms with van der Waals surface area (Å²) in [6.07, 6.45) is 7.01. The summed E-state index contributed by atoms with van der Waals surface area (Å²) in [5.74, 6) is 0. The molecule has 4 nitrogen and oxygen atoms in total. The minimum atomic E-state index is -0.347. The largest absolute Gasteiger partial charge is 0.305 e. The lowest BCUT2D eigenvalue weighted by molar-refractivity contribution is 0.216. The smallest absolute Gasteiger partial charge is 0.103 e. The van der Waals surface area contributed by atoms with E-state index in [0.29, 0.717) is 0 Å². The van der Waals surface area contributed by atoms with Crippen LogP contribution in [-0.2, 0) is 0 Å². The van der Waals surface area contributed by atoms with E-state index in [1.807, 2.05) is 6.92 Å². The van der Waals surface area contributed by atoms with Gasteiger partial charge in [-0.15, -0.1) is 0 Å². The van der Waals surface area contributed by atoms with Crippen molar-refractivity contribution in [2.75, 3.05) is 40.3 Å². The van der Waals surface area contributed by atoms with Crippen LogP contribution >= 0.6 is 0 Å². The Morgan fingerprint density at radius 2 is 2.19 bits per heavy atom. The minimum absolute atomic E-state index is 0.347. The number of nitriles is 1. The van der Waals surface area contributed by atoms with E-state index >= 15 is 0 Å². The van der Waals surface area contributed by atoms with E-state index in [4.69, 9.17) is 0 Å². The van der Waals surface area contributed by atoms with Gasteiger partial charge in [-0.05, 0) is 79.2 Å². The predicted octanol–water partition coefficient (Wildman–Crippen LogP) is 2.46. The fraction of sp³-hybridized carbons (Fsp3) is 0.941. The van der Waals surface area contributed by atoms with E-state index in [-0.39, 0.29) is 5.54 Å². The molecule has 122 valence electrons. The highest BCUT2D eigenvalue weighted by atomic mass is 15.2. The summed E-state index contributed by atoms with van der Waals surface area (Å²) < 4.78 is 0. The van der Waals surface area contributed by atoms with Crippen molar-refractivity contribution in [1.82, 2.24) is 15.1 Å². The van der Waals surface area contributed by atoms with Gasteiger partial charge in [-0.3, -0.25) is 5.32 Å². The van der Waals surface area contributed by atoms with Crippen molar-refractivity contribution in [3.8, 4) is 6.07 Å². The lowest BCUT2D eigenvalue weighted by Crippen LogP contribution is -2.41. The number of likely N-dealkylation sites (tertiary alicyclic amines) is 1. The molecule has 0 saturated carbocycles. The van der Waals surface area contributed by atoms with Gasteiger partial charge in [-0.25, -0.2) is 0 Å². The van der Waals surface area contributed by atoms with Crippen LogP contribution in [0.2, 0.25) is 0 Å². The molecule has 1 aliphatic rings. The molecule has 21 heavy (non-hydrogen) atoms. The van der Waals surface area contributed by atoms with Gasteiger partial charge in [0, 0.05) is 12.6 Å². The van der Waals surface area contributed by atoms with E-state index in [0.717, 1.165) is 38.4 Å². The van der Waals surface area contributed by atoms with Gasteiger partial charge in [0.05, 0.1) is 6.07 Å². The maximum atomic E-state index is 9.31. The van der Waals surface area contributed by atoms with Gasteiger partial charge in [0.15, 0.2) is 0 Å². The number of hydrogen-bond donors (Lipinski definition) is 1. The van der Waals surface area contributed by atoms with Crippen LogP contribution in [0.1, 0.15) is 52.4 Å². The first kappa shape index (κ1) is 18.4. The van der Waals surface area contributed by atoms with Crippen LogP contribution < -0.4 is 5.32 Å². The highest BCUT2D eigenvalue weighted by Crippen LogP contribution is 2.16. The third-order valence-electron chi connectivity index (χ3n) is 4.67. The van der Waals surface area contributed by atoms with Crippen LogP contribution in [0.5, 0.6) is 0 Å². The van der Waals surface area contributed by atoms with Gasteiger partial charge in [-0.2, -0.15) is 5.26 Å². The number of nitrogens with one attached hydrogen (secondary N) is 1. The minimum Gasteiger partial charge on any atom is -0.305 e. The second-order valence-electron chi connectivity index (χ2n) is 6.87. The molecule has 1 aliphatic heterocycles. The van der Waals surface area contributed by atoms with Gasteiger partial charge >= 0.3 is 0 Å². The Bertz CT molecular complexity index is 325. The number of likely N-dealkylation sites (N-methyl/N-ethyl adjacent to an activating group) is 2. The molecule has 0 bridgehead atoms. The Morgan fingerprint density at radius 3 is 2.76 bits per heavy atom. The topological polar surface area (TPSA) is 42.3 Å². The first-order valence-electron chi connectivity index (χ1n) is 8.56. The molecule has 4 heteroatoms. The monoisotopic (exact) mass is 294 g/mol. The fourth-order valence-corrected chi connectivity index (χ4v) is 3.11. The maximum absolute atomic E-state index is 9.31. The first-order chi connectivity index (χ1) is 10.0. The summed E-state index contributed by atoms with van der Waals surface area (Å²) in [5, 5.41) is 12.7. The molecule has 0 spiro atoms. The van der Waals surface area contributed by atoms with Crippen LogP contribution in [0.15, 0.2) is 0 Å². The molecule has 0 amide bonds. The van der Waals surface area contributed by atoms with Crippen molar-refractivity contribution in [3.63, 3.8) is 0 Å². The van der Waals surface area contributed by atoms with Crippen molar-refractivity contribution in [2.24, 2.45) is 0 Å². The molecule has 1 N–H and O–H groups in total. The first-order valence-corrected chi connectivity index (χ1v) is 8.56. The van der Waals surface area contributed by atoms with Crippen LogP contribution in [0.25, 0.3) is 0 Å². The second kappa shape index (κ2) is 9.40. The standard InChI is InChI=1S/C17H34N4/c1-5-11-19-17(2,15-18)10-6-7-12-20(3)14-16-9-8-13-21(16)4/h16,19H,5-14H2,1-4H3. The Labute approximate surface area is 131 Å². The van der Waals surface area contributed by atoms with Crippen molar-refractivity contribution in [3.05, 3.63) is 0 Å². The molecule has 1 fully saturated rings. The van der Waals surface area contributed by atoms with Gasteiger partial charge in [0.25, 0.3) is 0 Å². The molecule has 1 saturated heterocycles. The summed E-state index contributed by atoms with van der Waals surface area (Å²) in [5.41, 5.74) is -0.347. The van der Waals surface area contributed by atoms with E-state index < -0.39 is 0 Å². The van der Waals surface area contributed by atoms with Gasteiger partial charge in [0.2, 0.25) is 0 Å². The predicted molar refractivity (Wildman–Crippen MR) is 89.3 cm³/mol. The lowest BCUT2D eigenvalue weighted by atomic mass is 9.96. The lowest BCUT2D eigenvalue weighted by Gasteiger charge is -2.26. The molecule has 2 unspecified atom stereocenters. The number of nitrogens with zero attached hydrogens (tertiary/aromatic N) is 3. The average molecular weight is 294 g/mol. The Kier molecular flexibility index (Phi) is 8.24. The molecule has 0 radical (unpaired) electrons. The Hall–Kier alpha value is -0.630. The normalized spacial score (nSPS) is 22.4. The third kappa shape index (κ3) is 6.78. The fourth-order valence-electron chi connectivity index (χ4n) is 3.11.